The summed E-state index contributed by atoms with van der Waals surface area (Å²) in [7, 11) is 0. The Bertz CT molecular complexity index is 1020. The van der Waals surface area contributed by atoms with Crippen molar-refractivity contribution in [3.63, 3.8) is 0 Å². The largest absolute Gasteiger partial charge is 0.508 e. The van der Waals surface area contributed by atoms with Crippen LogP contribution in [-0.4, -0.2) is 52.9 Å². The number of fused-ring (bicyclic) bond motifs is 3. The number of nitriles is 1. The molecule has 1 amide bonds. The van der Waals surface area contributed by atoms with Gasteiger partial charge in [-0.2, -0.15) is 5.26 Å². The van der Waals surface area contributed by atoms with Gasteiger partial charge in [0.25, 0.3) is 0 Å². The molecule has 0 unspecified atom stereocenters. The van der Waals surface area contributed by atoms with Gasteiger partial charge in [0.15, 0.2) is 0 Å². The van der Waals surface area contributed by atoms with E-state index in [2.05, 4.69) is 4.90 Å². The van der Waals surface area contributed by atoms with Gasteiger partial charge in [-0.1, -0.05) is 12.1 Å². The summed E-state index contributed by atoms with van der Waals surface area (Å²) in [6, 6.07) is 12.4. The van der Waals surface area contributed by atoms with Gasteiger partial charge in [0.05, 0.1) is 29.4 Å². The summed E-state index contributed by atoms with van der Waals surface area (Å²) in [5, 5.41) is 28.4. The number of ether oxygens (including phenoxy) is 1. The maximum absolute atomic E-state index is 13.2. The zero-order chi connectivity index (χ0) is 22.0. The van der Waals surface area contributed by atoms with Gasteiger partial charge >= 0.3 is 12.1 Å². The number of amides is 1. The highest BCUT2D eigenvalue weighted by Gasteiger charge is 2.37. The molecule has 0 aromatic heterocycles. The lowest BCUT2D eigenvalue weighted by Gasteiger charge is -2.44. The van der Waals surface area contributed by atoms with Gasteiger partial charge in [0.2, 0.25) is 0 Å². The minimum atomic E-state index is -1.03. The minimum Gasteiger partial charge on any atom is -0.508 e. The highest BCUT2D eigenvalue weighted by molar-refractivity contribution is 5.89. The van der Waals surface area contributed by atoms with Crippen molar-refractivity contribution in [2.45, 2.75) is 25.5 Å². The number of carboxylic acids is 1. The van der Waals surface area contributed by atoms with Crippen molar-refractivity contribution >= 4 is 17.7 Å². The van der Waals surface area contributed by atoms with E-state index in [1.807, 2.05) is 6.07 Å². The highest BCUT2D eigenvalue weighted by Crippen LogP contribution is 2.31. The van der Waals surface area contributed by atoms with Crippen LogP contribution in [0.25, 0.3) is 0 Å². The molecule has 2 aromatic carbocycles. The average molecular weight is 421 g/mol. The number of piperidine rings is 3. The van der Waals surface area contributed by atoms with Crippen molar-refractivity contribution in [1.29, 1.82) is 5.26 Å². The van der Waals surface area contributed by atoms with Crippen molar-refractivity contribution < 1.29 is 24.5 Å². The summed E-state index contributed by atoms with van der Waals surface area (Å²) >= 11 is 0. The third kappa shape index (κ3) is 4.62. The number of carbonyl (C=O) groups excluding carboxylic acids is 1. The van der Waals surface area contributed by atoms with Crippen LogP contribution in [0.5, 0.6) is 5.75 Å². The molecule has 8 nitrogen and oxygen atoms in total. The first-order valence-electron chi connectivity index (χ1n) is 10.2. The molecule has 31 heavy (non-hydrogen) atoms. The normalized spacial score (nSPS) is 21.8. The molecule has 3 aliphatic heterocycles. The number of aromatic hydroxyl groups is 1. The Kier molecular flexibility index (Phi) is 5.78. The van der Waals surface area contributed by atoms with Crippen molar-refractivity contribution in [2.75, 3.05) is 24.5 Å². The van der Waals surface area contributed by atoms with E-state index in [9.17, 15) is 20.0 Å². The maximum Gasteiger partial charge on any atom is 0.414 e. The second-order valence-corrected chi connectivity index (χ2v) is 8.00. The van der Waals surface area contributed by atoms with E-state index in [0.29, 0.717) is 23.7 Å². The van der Waals surface area contributed by atoms with Crippen LogP contribution in [0.4, 0.5) is 10.5 Å². The van der Waals surface area contributed by atoms with Crippen LogP contribution < -0.4 is 4.90 Å². The first-order valence-corrected chi connectivity index (χ1v) is 10.2. The highest BCUT2D eigenvalue weighted by atomic mass is 16.6. The van der Waals surface area contributed by atoms with Crippen LogP contribution >= 0.6 is 0 Å². The number of carbonyl (C=O) groups is 2. The molecule has 0 aliphatic carbocycles. The van der Waals surface area contributed by atoms with E-state index in [1.54, 1.807) is 12.1 Å². The van der Waals surface area contributed by atoms with Crippen LogP contribution in [0.3, 0.4) is 0 Å². The van der Waals surface area contributed by atoms with Gasteiger partial charge < -0.3 is 14.9 Å². The second kappa shape index (κ2) is 8.66. The third-order valence-electron chi connectivity index (χ3n) is 5.95. The lowest BCUT2D eigenvalue weighted by molar-refractivity contribution is -0.0311. The quantitative estimate of drug-likeness (QED) is 0.762. The molecule has 3 heterocycles. The van der Waals surface area contributed by atoms with E-state index < -0.39 is 12.1 Å². The van der Waals surface area contributed by atoms with Crippen LogP contribution in [0, 0.1) is 17.2 Å². The number of anilines is 1. The van der Waals surface area contributed by atoms with Crippen LogP contribution in [0.15, 0.2) is 42.5 Å². The van der Waals surface area contributed by atoms with E-state index in [1.165, 1.54) is 35.2 Å². The fourth-order valence-electron chi connectivity index (χ4n) is 4.25. The third-order valence-corrected chi connectivity index (χ3v) is 5.95. The van der Waals surface area contributed by atoms with Gasteiger partial charge in [0, 0.05) is 12.6 Å². The van der Waals surface area contributed by atoms with Crippen LogP contribution in [0.1, 0.15) is 34.3 Å². The molecule has 2 N–H and O–H groups in total. The summed E-state index contributed by atoms with van der Waals surface area (Å²) < 4.78 is 5.88. The lowest BCUT2D eigenvalue weighted by atomic mass is 9.86. The van der Waals surface area contributed by atoms with Crippen LogP contribution in [-0.2, 0) is 11.3 Å². The summed E-state index contributed by atoms with van der Waals surface area (Å²) in [4.78, 5) is 28.0. The molecule has 0 spiro atoms. The molecule has 160 valence electrons. The number of benzene rings is 2. The summed E-state index contributed by atoms with van der Waals surface area (Å²) in [5.41, 5.74) is 1.40. The number of hydrogen-bond acceptors (Lipinski definition) is 6. The lowest BCUT2D eigenvalue weighted by Crippen LogP contribution is -2.53. The molecule has 2 bridgehead atoms. The molecule has 2 aromatic rings. The van der Waals surface area contributed by atoms with Crippen LogP contribution in [0.2, 0.25) is 0 Å². The smallest absolute Gasteiger partial charge is 0.414 e. The topological polar surface area (TPSA) is 114 Å². The number of phenols is 1. The minimum absolute atomic E-state index is 0.105. The van der Waals surface area contributed by atoms with Crippen molar-refractivity contribution in [3.8, 4) is 11.8 Å². The van der Waals surface area contributed by atoms with E-state index >= 15 is 0 Å². The molecular weight excluding hydrogens is 398 g/mol. The SMILES string of the molecule is N#Cc1cc(O)cc(N(Cc2ccc(C(=O)O)cc2)C(=O)O[C@H]2CN3CCC2CC3)c1. The molecular formula is C23H23N3O5. The number of hydrogen-bond donors (Lipinski definition) is 2. The molecule has 1 atom stereocenters. The van der Waals surface area contributed by atoms with E-state index in [0.717, 1.165) is 25.9 Å². The molecule has 3 fully saturated rings. The van der Waals surface area contributed by atoms with Gasteiger partial charge in [-0.15, -0.1) is 0 Å². The number of rotatable bonds is 5. The number of carboxylic acid groups (broad SMARTS) is 1. The standard InChI is InChI=1S/C23H23N3O5/c24-12-16-9-19(11-20(27)10-16)26(13-15-1-3-18(4-2-15)22(28)29)23(30)31-21-14-25-7-5-17(21)6-8-25/h1-4,9-11,17,21,27H,5-8,13-14H2,(H,28,29)/t21-/m0/s1. The Labute approximate surface area is 179 Å². The molecule has 0 saturated carbocycles. The van der Waals surface area contributed by atoms with Gasteiger partial charge in [-0.05, 0) is 61.7 Å². The molecule has 5 rings (SSSR count). The first kappa shape index (κ1) is 20.7. The van der Waals surface area contributed by atoms with Crippen molar-refractivity contribution in [2.24, 2.45) is 5.92 Å². The zero-order valence-electron chi connectivity index (χ0n) is 16.9. The fraction of sp³-hybridized carbons (Fsp3) is 0.348. The predicted molar refractivity (Wildman–Crippen MR) is 112 cm³/mol. The maximum atomic E-state index is 13.2. The average Bonchev–Trinajstić information content (AvgIpc) is 2.78. The van der Waals surface area contributed by atoms with Gasteiger partial charge in [0.1, 0.15) is 11.9 Å². The number of nitrogens with zero attached hydrogens (tertiary/aromatic N) is 3. The molecule has 3 saturated heterocycles. The van der Waals surface area contributed by atoms with Crippen molar-refractivity contribution in [3.05, 3.63) is 59.2 Å². The first-order chi connectivity index (χ1) is 14.9. The number of aromatic carboxylic acids is 1. The van der Waals surface area contributed by atoms with Gasteiger partial charge in [-0.3, -0.25) is 9.80 Å². The molecule has 8 heteroatoms. The summed E-state index contributed by atoms with van der Waals surface area (Å²) in [5.74, 6) is -0.822. The Morgan fingerprint density at radius 2 is 1.87 bits per heavy atom. The summed E-state index contributed by atoms with van der Waals surface area (Å²) in [6.07, 6.45) is 1.24. The predicted octanol–water partition coefficient (Wildman–Crippen LogP) is 3.20. The molecule has 3 aliphatic rings. The second-order valence-electron chi connectivity index (χ2n) is 8.00. The Morgan fingerprint density at radius 3 is 2.45 bits per heavy atom. The summed E-state index contributed by atoms with van der Waals surface area (Å²) in [6.45, 7) is 2.86. The van der Waals surface area contributed by atoms with Crippen molar-refractivity contribution in [1.82, 2.24) is 4.90 Å². The Hall–Kier alpha value is -3.57. The molecule has 0 radical (unpaired) electrons. The van der Waals surface area contributed by atoms with Gasteiger partial charge in [-0.25, -0.2) is 9.59 Å². The Morgan fingerprint density at radius 1 is 1.16 bits per heavy atom. The Balaban J connectivity index is 1.60. The fourth-order valence-corrected chi connectivity index (χ4v) is 4.25. The van der Waals surface area contributed by atoms with E-state index in [4.69, 9.17) is 9.84 Å². The number of phenolic OH excluding ortho intramolecular Hbond substituents is 1. The monoisotopic (exact) mass is 421 g/mol. The zero-order valence-corrected chi connectivity index (χ0v) is 16.9. The van der Waals surface area contributed by atoms with E-state index in [-0.39, 0.29) is 29.5 Å².